The Kier molecular flexibility index (Phi) is 5.18. The number of rotatable bonds is 2. The van der Waals surface area contributed by atoms with E-state index in [1.807, 2.05) is 39.5 Å². The second-order valence-corrected chi connectivity index (χ2v) is 8.21. The van der Waals surface area contributed by atoms with Crippen molar-refractivity contribution >= 4 is 35.5 Å². The number of pyridine rings is 1. The average Bonchev–Trinajstić information content (AvgIpc) is 2.58. The van der Waals surface area contributed by atoms with Crippen LogP contribution in [0.3, 0.4) is 0 Å². The van der Waals surface area contributed by atoms with Crippen LogP contribution in [0.15, 0.2) is 11.2 Å². The van der Waals surface area contributed by atoms with Crippen LogP contribution in [0, 0.1) is 0 Å². The molecule has 0 radical (unpaired) electrons. The van der Waals surface area contributed by atoms with E-state index in [-0.39, 0.29) is 23.7 Å². The van der Waals surface area contributed by atoms with E-state index in [4.69, 9.17) is 4.74 Å². The normalized spacial score (nSPS) is 21.8. The first-order valence-corrected chi connectivity index (χ1v) is 9.37. The standard InChI is InChI=1S/C19H27N5O4/c1-11-9-23(10-12(2)24(11)18(27)28-19(3,4)5)16-15-14(20-6-7-21-15)13(8-22-16)17(25)26/h7-8,11-12,20H,6,9-10H2,1-5H3,(H,25,26)/t11-,12+. The Balaban J connectivity index is 1.87. The lowest BCUT2D eigenvalue weighted by molar-refractivity contribution is 0.00559. The highest BCUT2D eigenvalue weighted by molar-refractivity contribution is 6.01. The van der Waals surface area contributed by atoms with Gasteiger partial charge in [0.15, 0.2) is 5.82 Å². The van der Waals surface area contributed by atoms with Crippen molar-refractivity contribution in [2.24, 2.45) is 4.99 Å². The van der Waals surface area contributed by atoms with Gasteiger partial charge in [-0.3, -0.25) is 9.89 Å². The van der Waals surface area contributed by atoms with Gasteiger partial charge >= 0.3 is 12.1 Å². The number of carbonyl (C=O) groups excluding carboxylic acids is 1. The van der Waals surface area contributed by atoms with E-state index < -0.39 is 11.6 Å². The summed E-state index contributed by atoms with van der Waals surface area (Å²) in [5.74, 6) is -0.428. The van der Waals surface area contributed by atoms with E-state index in [2.05, 4.69) is 15.3 Å². The monoisotopic (exact) mass is 389 g/mol. The van der Waals surface area contributed by atoms with Crippen molar-refractivity contribution in [2.75, 3.05) is 29.9 Å². The molecule has 0 saturated carbocycles. The van der Waals surface area contributed by atoms with E-state index in [1.165, 1.54) is 6.20 Å². The first kappa shape index (κ1) is 19.9. The summed E-state index contributed by atoms with van der Waals surface area (Å²) < 4.78 is 5.55. The van der Waals surface area contributed by atoms with Crippen LogP contribution in [0.25, 0.3) is 0 Å². The number of anilines is 2. The maximum absolute atomic E-state index is 12.6. The van der Waals surface area contributed by atoms with E-state index in [1.54, 1.807) is 11.1 Å². The zero-order chi connectivity index (χ0) is 20.6. The van der Waals surface area contributed by atoms with Gasteiger partial charge in [0, 0.05) is 25.5 Å². The molecule has 28 heavy (non-hydrogen) atoms. The van der Waals surface area contributed by atoms with E-state index in [0.29, 0.717) is 36.8 Å². The van der Waals surface area contributed by atoms with Crippen molar-refractivity contribution in [2.45, 2.75) is 52.3 Å². The minimum atomic E-state index is -1.05. The second-order valence-electron chi connectivity index (χ2n) is 8.21. The van der Waals surface area contributed by atoms with Crippen molar-refractivity contribution in [3.8, 4) is 0 Å². The zero-order valence-corrected chi connectivity index (χ0v) is 16.9. The minimum Gasteiger partial charge on any atom is -0.478 e. The Hall–Kier alpha value is -2.84. The number of carbonyl (C=O) groups is 2. The molecule has 9 nitrogen and oxygen atoms in total. The molecule has 0 spiro atoms. The van der Waals surface area contributed by atoms with Gasteiger partial charge in [-0.25, -0.2) is 14.6 Å². The van der Waals surface area contributed by atoms with Crippen LogP contribution in [-0.2, 0) is 4.74 Å². The third-order valence-corrected chi connectivity index (χ3v) is 4.68. The van der Waals surface area contributed by atoms with Crippen molar-refractivity contribution in [3.63, 3.8) is 0 Å². The van der Waals surface area contributed by atoms with Crippen molar-refractivity contribution in [1.82, 2.24) is 9.88 Å². The summed E-state index contributed by atoms with van der Waals surface area (Å²) in [4.78, 5) is 36.7. The highest BCUT2D eigenvalue weighted by atomic mass is 16.6. The number of nitrogens with zero attached hydrogens (tertiary/aromatic N) is 4. The van der Waals surface area contributed by atoms with Crippen LogP contribution in [-0.4, -0.2) is 70.6 Å². The lowest BCUT2D eigenvalue weighted by atomic mass is 10.1. The largest absolute Gasteiger partial charge is 0.478 e. The third-order valence-electron chi connectivity index (χ3n) is 4.68. The number of hydrogen-bond acceptors (Lipinski definition) is 7. The number of piperazine rings is 1. The molecule has 2 aliphatic rings. The quantitative estimate of drug-likeness (QED) is 0.801. The molecule has 9 heteroatoms. The highest BCUT2D eigenvalue weighted by Gasteiger charge is 2.37. The van der Waals surface area contributed by atoms with Gasteiger partial charge in [-0.05, 0) is 34.6 Å². The summed E-state index contributed by atoms with van der Waals surface area (Å²) in [6.45, 7) is 11.0. The van der Waals surface area contributed by atoms with Crippen LogP contribution >= 0.6 is 0 Å². The molecule has 0 unspecified atom stereocenters. The van der Waals surface area contributed by atoms with Crippen molar-refractivity contribution in [1.29, 1.82) is 0 Å². The molecule has 3 rings (SSSR count). The molecule has 1 saturated heterocycles. The Morgan fingerprint density at radius 3 is 2.46 bits per heavy atom. The maximum Gasteiger partial charge on any atom is 0.410 e. The lowest BCUT2D eigenvalue weighted by Crippen LogP contribution is -2.59. The summed E-state index contributed by atoms with van der Waals surface area (Å²) in [6, 6.07) is -0.202. The smallest absolute Gasteiger partial charge is 0.410 e. The molecule has 0 aromatic carbocycles. The van der Waals surface area contributed by atoms with Gasteiger partial charge in [0.05, 0.1) is 24.3 Å². The number of carboxylic acid groups (broad SMARTS) is 1. The lowest BCUT2D eigenvalue weighted by Gasteiger charge is -2.45. The van der Waals surface area contributed by atoms with Crippen LogP contribution in [0.5, 0.6) is 0 Å². The fraction of sp³-hybridized carbons (Fsp3) is 0.579. The number of hydrogen-bond donors (Lipinski definition) is 2. The van der Waals surface area contributed by atoms with Crippen molar-refractivity contribution < 1.29 is 19.4 Å². The molecular formula is C19H27N5O4. The molecule has 1 fully saturated rings. The topological polar surface area (TPSA) is 107 Å². The van der Waals surface area contributed by atoms with E-state index >= 15 is 0 Å². The fourth-order valence-electron chi connectivity index (χ4n) is 3.64. The van der Waals surface area contributed by atoms with Gasteiger partial charge in [0.2, 0.25) is 0 Å². The molecule has 0 aliphatic carbocycles. The Morgan fingerprint density at radius 1 is 1.25 bits per heavy atom. The van der Waals surface area contributed by atoms with Crippen molar-refractivity contribution in [3.05, 3.63) is 11.8 Å². The van der Waals surface area contributed by atoms with E-state index in [9.17, 15) is 14.7 Å². The SMILES string of the molecule is C[C@@H]1CN(c2ncc(C(=O)O)c3c2N=CCN3)C[C@H](C)N1C(=O)OC(C)(C)C. The zero-order valence-electron chi connectivity index (χ0n) is 16.9. The molecule has 1 amide bonds. The Labute approximate surface area is 164 Å². The average molecular weight is 389 g/mol. The summed E-state index contributed by atoms with van der Waals surface area (Å²) in [5.41, 5.74) is 0.552. The molecule has 1 aromatic heterocycles. The molecule has 1 aromatic rings. The van der Waals surface area contributed by atoms with Gasteiger partial charge < -0.3 is 20.1 Å². The number of amides is 1. The van der Waals surface area contributed by atoms with Gasteiger partial charge in [-0.2, -0.15) is 0 Å². The molecule has 2 aliphatic heterocycles. The number of aliphatic imine (C=N–C) groups is 1. The molecule has 0 bridgehead atoms. The Morgan fingerprint density at radius 2 is 1.89 bits per heavy atom. The third kappa shape index (κ3) is 3.88. The van der Waals surface area contributed by atoms with Crippen LogP contribution < -0.4 is 10.2 Å². The number of aromatic nitrogens is 1. The first-order chi connectivity index (χ1) is 13.1. The molecule has 2 atom stereocenters. The predicted molar refractivity (Wildman–Crippen MR) is 107 cm³/mol. The number of nitrogens with one attached hydrogen (secondary N) is 1. The first-order valence-electron chi connectivity index (χ1n) is 9.37. The van der Waals surface area contributed by atoms with Gasteiger partial charge in [0.25, 0.3) is 0 Å². The summed E-state index contributed by atoms with van der Waals surface area (Å²) in [5, 5.41) is 12.5. The minimum absolute atomic E-state index is 0.101. The fourth-order valence-corrected chi connectivity index (χ4v) is 3.64. The molecule has 152 valence electrons. The number of ether oxygens (including phenoxy) is 1. The van der Waals surface area contributed by atoms with Gasteiger partial charge in [0.1, 0.15) is 16.9 Å². The predicted octanol–water partition coefficient (Wildman–Crippen LogP) is 2.74. The number of carboxylic acids is 1. The molecule has 3 heterocycles. The van der Waals surface area contributed by atoms with Gasteiger partial charge in [-0.1, -0.05) is 0 Å². The summed E-state index contributed by atoms with van der Waals surface area (Å²) in [7, 11) is 0. The molecular weight excluding hydrogens is 362 g/mol. The van der Waals surface area contributed by atoms with Crippen LogP contribution in [0.4, 0.5) is 22.0 Å². The summed E-state index contributed by atoms with van der Waals surface area (Å²) in [6.07, 6.45) is 2.73. The molecule has 2 N–H and O–H groups in total. The summed E-state index contributed by atoms with van der Waals surface area (Å²) >= 11 is 0. The van der Waals surface area contributed by atoms with E-state index in [0.717, 1.165) is 0 Å². The maximum atomic E-state index is 12.6. The van der Waals surface area contributed by atoms with Crippen LogP contribution in [0.1, 0.15) is 45.0 Å². The van der Waals surface area contributed by atoms with Crippen LogP contribution in [0.2, 0.25) is 0 Å². The Bertz CT molecular complexity index is 805. The number of aromatic carboxylic acids is 1. The number of fused-ring (bicyclic) bond motifs is 1. The van der Waals surface area contributed by atoms with Gasteiger partial charge in [-0.15, -0.1) is 0 Å². The highest BCUT2D eigenvalue weighted by Crippen LogP contribution is 2.39. The second kappa shape index (κ2) is 7.29.